The summed E-state index contributed by atoms with van der Waals surface area (Å²) < 4.78 is 39.1. The number of carbonyl (C=O) groups is 1. The number of nitrogens with two attached hydrogens (primary N) is 1. The van der Waals surface area contributed by atoms with Gasteiger partial charge >= 0.3 is 10.4 Å². The molecule has 1 fully saturated rings. The lowest BCUT2D eigenvalue weighted by molar-refractivity contribution is -0.109. The van der Waals surface area contributed by atoms with Gasteiger partial charge in [0.25, 0.3) is 0 Å². The number of aliphatic hydroxyl groups is 2. The van der Waals surface area contributed by atoms with Gasteiger partial charge in [0.15, 0.2) is 23.2 Å². The van der Waals surface area contributed by atoms with Gasteiger partial charge in [0, 0.05) is 19.6 Å². The number of nitrogens with one attached hydrogen (secondary N) is 1. The lowest BCUT2D eigenvalue weighted by Gasteiger charge is -2.22. The first-order valence-corrected chi connectivity index (χ1v) is 10.4. The van der Waals surface area contributed by atoms with E-state index in [1.165, 1.54) is 6.33 Å². The molecular formula is C15H25N7O8S. The number of fused-ring (bicyclic) bond motifs is 1. The van der Waals surface area contributed by atoms with Gasteiger partial charge in [0.2, 0.25) is 6.41 Å². The fourth-order valence-electron chi connectivity index (χ4n) is 3.15. The highest BCUT2D eigenvalue weighted by Crippen LogP contribution is 2.33. The second kappa shape index (κ2) is 10.2. The molecule has 4 atom stereocenters. The van der Waals surface area contributed by atoms with E-state index in [0.29, 0.717) is 43.0 Å². The van der Waals surface area contributed by atoms with Crippen LogP contribution < -0.4 is 11.1 Å². The highest BCUT2D eigenvalue weighted by atomic mass is 32.3. The Hall–Kier alpha value is -2.47. The highest BCUT2D eigenvalue weighted by Gasteiger charge is 2.45. The van der Waals surface area contributed by atoms with Crippen LogP contribution in [0, 0.1) is 6.92 Å². The van der Waals surface area contributed by atoms with Crippen molar-refractivity contribution in [3.8, 4) is 0 Å². The Labute approximate surface area is 177 Å². The number of imidazole rings is 1. The van der Waals surface area contributed by atoms with Gasteiger partial charge in [0.05, 0.1) is 0 Å². The van der Waals surface area contributed by atoms with Crippen LogP contribution in [-0.2, 0) is 19.9 Å². The second-order valence-electron chi connectivity index (χ2n) is 6.79. The first-order chi connectivity index (χ1) is 14.4. The number of likely N-dealkylation sites (N-methyl/N-ethyl adjacent to an activating group) is 1. The molecule has 31 heavy (non-hydrogen) atoms. The Kier molecular flexibility index (Phi) is 8.18. The molecular weight excluding hydrogens is 438 g/mol. The molecule has 16 heteroatoms. The molecule has 0 aromatic carbocycles. The average Bonchev–Trinajstić information content (AvgIpc) is 3.12. The van der Waals surface area contributed by atoms with Gasteiger partial charge < -0.3 is 30.9 Å². The Morgan fingerprint density at radius 2 is 1.97 bits per heavy atom. The fraction of sp³-hybridized carbons (Fsp3) is 0.600. The summed E-state index contributed by atoms with van der Waals surface area (Å²) in [4.78, 5) is 24.7. The molecule has 0 spiro atoms. The summed E-state index contributed by atoms with van der Waals surface area (Å²) >= 11 is 0. The van der Waals surface area contributed by atoms with Crippen LogP contribution in [0.25, 0.3) is 11.2 Å². The van der Waals surface area contributed by atoms with Crippen LogP contribution in [0.1, 0.15) is 12.1 Å². The first-order valence-electron chi connectivity index (χ1n) is 8.96. The predicted octanol–water partition coefficient (Wildman–Crippen LogP) is -2.64. The number of ether oxygens (including phenoxy) is 1. The van der Waals surface area contributed by atoms with Crippen molar-refractivity contribution in [2.24, 2.45) is 0 Å². The first kappa shape index (κ1) is 24.8. The van der Waals surface area contributed by atoms with Gasteiger partial charge in [-0.05, 0) is 14.0 Å². The number of rotatable bonds is 7. The van der Waals surface area contributed by atoms with E-state index in [4.69, 9.17) is 28.0 Å². The molecule has 0 saturated carbocycles. The molecule has 1 saturated heterocycles. The molecule has 0 aliphatic carbocycles. The van der Waals surface area contributed by atoms with Gasteiger partial charge in [-0.1, -0.05) is 0 Å². The molecule has 0 radical (unpaired) electrons. The summed E-state index contributed by atoms with van der Waals surface area (Å²) in [5.74, 6) is 0.788. The minimum atomic E-state index is -4.67. The molecule has 1 amide bonds. The number of hydrogen-bond acceptors (Lipinski definition) is 11. The topological polar surface area (TPSA) is 226 Å². The quantitative estimate of drug-likeness (QED) is 0.140. The van der Waals surface area contributed by atoms with Gasteiger partial charge in [-0.3, -0.25) is 18.5 Å². The molecule has 15 nitrogen and oxygen atoms in total. The number of aryl methyl sites for hydroxylation is 1. The van der Waals surface area contributed by atoms with Crippen LogP contribution in [0.2, 0.25) is 0 Å². The minimum Gasteiger partial charge on any atom is -0.387 e. The van der Waals surface area contributed by atoms with Gasteiger partial charge in [-0.25, -0.2) is 15.0 Å². The van der Waals surface area contributed by atoms with Crippen molar-refractivity contribution in [3.05, 3.63) is 12.2 Å². The molecule has 2 aromatic rings. The van der Waals surface area contributed by atoms with E-state index in [2.05, 4.69) is 20.3 Å². The summed E-state index contributed by atoms with van der Waals surface area (Å²) in [5.41, 5.74) is 6.70. The number of aromatic nitrogens is 4. The van der Waals surface area contributed by atoms with Gasteiger partial charge in [-0.15, -0.1) is 0 Å². The lowest BCUT2D eigenvalue weighted by atomic mass is 10.1. The van der Waals surface area contributed by atoms with E-state index in [9.17, 15) is 15.0 Å². The number of amides is 1. The summed E-state index contributed by atoms with van der Waals surface area (Å²) in [6.45, 7) is 3.20. The molecule has 2 unspecified atom stereocenters. The van der Waals surface area contributed by atoms with Crippen LogP contribution >= 0.6 is 0 Å². The fourth-order valence-corrected chi connectivity index (χ4v) is 3.15. The summed E-state index contributed by atoms with van der Waals surface area (Å²) in [7, 11) is -2.83. The molecule has 1 aliphatic heterocycles. The molecule has 2 aromatic heterocycles. The normalized spacial score (nSPS) is 23.6. The third kappa shape index (κ3) is 6.50. The van der Waals surface area contributed by atoms with Crippen molar-refractivity contribution >= 4 is 33.8 Å². The molecule has 1 aliphatic rings. The second-order valence-corrected chi connectivity index (χ2v) is 7.68. The number of aliphatic hydroxyl groups excluding tert-OH is 2. The van der Waals surface area contributed by atoms with Gasteiger partial charge in [0.1, 0.15) is 30.5 Å². The number of hydrogen-bond donors (Lipinski definition) is 6. The van der Waals surface area contributed by atoms with Crippen molar-refractivity contribution in [1.82, 2.24) is 29.7 Å². The number of nitrogen functional groups attached to an aromatic ring is 1. The number of nitrogens with zero attached hydrogens (tertiary/aromatic N) is 5. The summed E-state index contributed by atoms with van der Waals surface area (Å²) in [6, 6.07) is 0. The van der Waals surface area contributed by atoms with Crippen molar-refractivity contribution < 1.29 is 37.3 Å². The van der Waals surface area contributed by atoms with E-state index < -0.39 is 34.9 Å². The monoisotopic (exact) mass is 463 g/mol. The maximum atomic E-state index is 10.5. The molecule has 174 valence electrons. The summed E-state index contributed by atoms with van der Waals surface area (Å²) in [5, 5.41) is 23.5. The van der Waals surface area contributed by atoms with Crippen LogP contribution in [0.4, 0.5) is 5.82 Å². The standard InChI is InChI=1S/C15H23N7O4.H2O4S/c1-8-20-10-13(16)18-6-19-14(10)22(8)15-12(25)11(24)9(26-15)5-21(2)4-3-17-7-23;1-5(2,3)4/h6-7,9,11-12,15,24-25H,3-5H2,1-2H3,(H,17,23)(H2,16,18,19);(H2,1,2,3,4)/t9-,11?,12?,15-;/m1./s1. The number of carbonyl (C=O) groups excluding carboxylic acids is 1. The zero-order valence-corrected chi connectivity index (χ0v) is 17.5. The lowest BCUT2D eigenvalue weighted by Crippen LogP contribution is -2.40. The number of anilines is 1. The molecule has 0 bridgehead atoms. The van der Waals surface area contributed by atoms with Crippen LogP contribution in [0.15, 0.2) is 6.33 Å². The highest BCUT2D eigenvalue weighted by molar-refractivity contribution is 7.79. The SMILES string of the molecule is Cc1nc2c(N)ncnc2n1[C@@H]1O[C@H](CN(C)CCNC=O)C(O)C1O.O=S(=O)(O)O. The third-order valence-corrected chi connectivity index (χ3v) is 4.49. The Bertz CT molecular complexity index is 993. The van der Waals surface area contributed by atoms with Crippen LogP contribution in [0.5, 0.6) is 0 Å². The maximum Gasteiger partial charge on any atom is 0.394 e. The third-order valence-electron chi connectivity index (χ3n) is 4.49. The van der Waals surface area contributed by atoms with E-state index >= 15 is 0 Å². The van der Waals surface area contributed by atoms with Crippen molar-refractivity contribution in [2.75, 3.05) is 32.4 Å². The van der Waals surface area contributed by atoms with E-state index in [-0.39, 0.29) is 5.82 Å². The maximum absolute atomic E-state index is 10.5. The van der Waals surface area contributed by atoms with E-state index in [0.717, 1.165) is 0 Å². The van der Waals surface area contributed by atoms with Crippen molar-refractivity contribution in [1.29, 1.82) is 0 Å². The summed E-state index contributed by atoms with van der Waals surface area (Å²) in [6.07, 6.45) is -1.71. The van der Waals surface area contributed by atoms with E-state index in [1.807, 2.05) is 11.9 Å². The van der Waals surface area contributed by atoms with Gasteiger partial charge in [-0.2, -0.15) is 8.42 Å². The zero-order chi connectivity index (χ0) is 23.3. The van der Waals surface area contributed by atoms with Crippen molar-refractivity contribution in [2.45, 2.75) is 31.5 Å². The molecule has 7 N–H and O–H groups in total. The minimum absolute atomic E-state index is 0.240. The Morgan fingerprint density at radius 1 is 1.32 bits per heavy atom. The van der Waals surface area contributed by atoms with Crippen molar-refractivity contribution in [3.63, 3.8) is 0 Å². The van der Waals surface area contributed by atoms with Crippen LogP contribution in [-0.4, -0.2) is 104 Å². The Morgan fingerprint density at radius 3 is 2.58 bits per heavy atom. The average molecular weight is 463 g/mol. The predicted molar refractivity (Wildman–Crippen MR) is 106 cm³/mol. The smallest absolute Gasteiger partial charge is 0.387 e. The van der Waals surface area contributed by atoms with E-state index in [1.54, 1.807) is 11.5 Å². The largest absolute Gasteiger partial charge is 0.394 e. The zero-order valence-electron chi connectivity index (χ0n) is 16.7. The molecule has 3 heterocycles. The Balaban J connectivity index is 0.000000614. The molecule has 3 rings (SSSR count). The van der Waals surface area contributed by atoms with Crippen LogP contribution in [0.3, 0.4) is 0 Å².